The summed E-state index contributed by atoms with van der Waals surface area (Å²) in [5.74, 6) is 0.742. The van der Waals surface area contributed by atoms with E-state index in [0.29, 0.717) is 40.5 Å². The van der Waals surface area contributed by atoms with E-state index in [1.54, 1.807) is 31.4 Å². The maximum atomic E-state index is 11.8. The van der Waals surface area contributed by atoms with Crippen LogP contribution in [0.25, 0.3) is 22.2 Å². The first-order chi connectivity index (χ1) is 14.1. The van der Waals surface area contributed by atoms with Crippen LogP contribution < -0.4 is 14.2 Å². The molecule has 0 saturated heterocycles. The zero-order chi connectivity index (χ0) is 20.8. The van der Waals surface area contributed by atoms with E-state index in [4.69, 9.17) is 14.2 Å². The number of aromatic nitrogens is 1. The van der Waals surface area contributed by atoms with Crippen molar-refractivity contribution >= 4 is 16.9 Å². The van der Waals surface area contributed by atoms with Crippen LogP contribution in [0.2, 0.25) is 0 Å². The molecule has 3 aromatic rings. The lowest BCUT2D eigenvalue weighted by molar-refractivity contribution is 0.0699. The number of carboxylic acid groups (broad SMARTS) is 1. The third-order valence-electron chi connectivity index (χ3n) is 4.72. The minimum atomic E-state index is -1.02. The topological polar surface area (TPSA) is 77.9 Å². The first-order valence-electron chi connectivity index (χ1n) is 9.61. The molecule has 0 bridgehead atoms. The second-order valence-electron chi connectivity index (χ2n) is 6.64. The normalized spacial score (nSPS) is 10.7. The number of carboxylic acids is 1. The number of aromatic carboxylic acids is 1. The maximum absolute atomic E-state index is 11.8. The summed E-state index contributed by atoms with van der Waals surface area (Å²) in [6, 6.07) is 12.3. The Labute approximate surface area is 170 Å². The molecule has 0 amide bonds. The molecule has 0 aliphatic rings. The van der Waals surface area contributed by atoms with Gasteiger partial charge in [-0.15, -0.1) is 0 Å². The molecule has 0 radical (unpaired) electrons. The number of nitrogens with zero attached hydrogens (tertiary/aromatic N) is 1. The highest BCUT2D eigenvalue weighted by atomic mass is 16.5. The van der Waals surface area contributed by atoms with Crippen molar-refractivity contribution in [3.63, 3.8) is 0 Å². The molecule has 6 nitrogen and oxygen atoms in total. The highest BCUT2D eigenvalue weighted by Gasteiger charge is 2.16. The smallest absolute Gasteiger partial charge is 0.336 e. The number of fused-ring (bicyclic) bond motifs is 1. The van der Waals surface area contributed by atoms with Gasteiger partial charge in [-0.05, 0) is 36.8 Å². The van der Waals surface area contributed by atoms with Gasteiger partial charge in [-0.1, -0.05) is 31.9 Å². The molecule has 29 heavy (non-hydrogen) atoms. The van der Waals surface area contributed by atoms with Gasteiger partial charge in [0.1, 0.15) is 11.3 Å². The van der Waals surface area contributed by atoms with Gasteiger partial charge in [-0.2, -0.15) is 0 Å². The zero-order valence-electron chi connectivity index (χ0n) is 16.9. The van der Waals surface area contributed by atoms with Crippen molar-refractivity contribution in [3.8, 4) is 28.5 Å². The fraction of sp³-hybridized carbons (Fsp3) is 0.304. The van der Waals surface area contributed by atoms with E-state index < -0.39 is 5.97 Å². The van der Waals surface area contributed by atoms with Gasteiger partial charge in [0.05, 0.1) is 32.1 Å². The molecular weight excluding hydrogens is 370 g/mol. The second kappa shape index (κ2) is 9.28. The summed E-state index contributed by atoms with van der Waals surface area (Å²) in [5.41, 5.74) is 1.93. The molecule has 1 N–H and O–H groups in total. The van der Waals surface area contributed by atoms with Crippen molar-refractivity contribution in [2.24, 2.45) is 0 Å². The average Bonchev–Trinajstić information content (AvgIpc) is 2.75. The van der Waals surface area contributed by atoms with Crippen molar-refractivity contribution < 1.29 is 24.1 Å². The molecule has 0 aliphatic heterocycles. The van der Waals surface area contributed by atoms with Crippen molar-refractivity contribution in [2.45, 2.75) is 26.2 Å². The quantitative estimate of drug-likeness (QED) is 0.503. The third kappa shape index (κ3) is 4.42. The van der Waals surface area contributed by atoms with E-state index in [9.17, 15) is 9.90 Å². The molecule has 0 fully saturated rings. The van der Waals surface area contributed by atoms with Gasteiger partial charge in [0.25, 0.3) is 0 Å². The number of carbonyl (C=O) groups is 1. The van der Waals surface area contributed by atoms with Gasteiger partial charge in [0.15, 0.2) is 11.5 Å². The van der Waals surface area contributed by atoms with Crippen molar-refractivity contribution in [3.05, 3.63) is 48.0 Å². The summed E-state index contributed by atoms with van der Waals surface area (Å²) in [4.78, 5) is 16.5. The van der Waals surface area contributed by atoms with Gasteiger partial charge in [-0.3, -0.25) is 0 Å². The third-order valence-corrected chi connectivity index (χ3v) is 4.72. The maximum Gasteiger partial charge on any atom is 0.336 e. The van der Waals surface area contributed by atoms with E-state index in [2.05, 4.69) is 11.9 Å². The van der Waals surface area contributed by atoms with Crippen LogP contribution in [0.15, 0.2) is 42.5 Å². The molecule has 0 aliphatic carbocycles. The standard InChI is InChI=1S/C23H25NO5/c1-4-5-6-12-29-19-11-10-15(13-21(19)28-3)18-14-17(23(25)26)16-8-7-9-20(27-2)22(16)24-18/h7-11,13-14H,4-6,12H2,1-3H3,(H,25,26). The van der Waals surface area contributed by atoms with Crippen LogP contribution in [0.4, 0.5) is 0 Å². The van der Waals surface area contributed by atoms with Crippen LogP contribution in [0, 0.1) is 0 Å². The molecule has 1 aromatic heterocycles. The number of benzene rings is 2. The van der Waals surface area contributed by atoms with Gasteiger partial charge in [0.2, 0.25) is 0 Å². The SMILES string of the molecule is CCCCCOc1ccc(-c2cc(C(=O)O)c3cccc(OC)c3n2)cc1OC. The molecule has 0 atom stereocenters. The molecule has 2 aromatic carbocycles. The number of unbranched alkanes of at least 4 members (excludes halogenated alkanes) is 2. The van der Waals surface area contributed by atoms with Crippen LogP contribution in [-0.2, 0) is 0 Å². The van der Waals surface area contributed by atoms with E-state index in [1.165, 1.54) is 7.11 Å². The molecule has 0 unspecified atom stereocenters. The van der Waals surface area contributed by atoms with Gasteiger partial charge in [0, 0.05) is 10.9 Å². The minimum absolute atomic E-state index is 0.169. The molecule has 0 saturated carbocycles. The molecular formula is C23H25NO5. The Hall–Kier alpha value is -3.28. The van der Waals surface area contributed by atoms with Crippen LogP contribution in [-0.4, -0.2) is 36.9 Å². The first kappa shape index (κ1) is 20.5. The van der Waals surface area contributed by atoms with Crippen LogP contribution in [0.3, 0.4) is 0 Å². The summed E-state index contributed by atoms with van der Waals surface area (Å²) in [7, 11) is 3.12. The highest BCUT2D eigenvalue weighted by molar-refractivity contribution is 6.05. The molecule has 152 valence electrons. The van der Waals surface area contributed by atoms with E-state index in [-0.39, 0.29) is 5.56 Å². The summed E-state index contributed by atoms with van der Waals surface area (Å²) >= 11 is 0. The minimum Gasteiger partial charge on any atom is -0.494 e. The average molecular weight is 395 g/mol. The number of pyridine rings is 1. The largest absolute Gasteiger partial charge is 0.494 e. The number of rotatable bonds is 9. The van der Waals surface area contributed by atoms with Crippen molar-refractivity contribution in [2.75, 3.05) is 20.8 Å². The van der Waals surface area contributed by atoms with Crippen LogP contribution in [0.1, 0.15) is 36.5 Å². The predicted molar refractivity (Wildman–Crippen MR) is 112 cm³/mol. The van der Waals surface area contributed by atoms with Gasteiger partial charge in [-0.25, -0.2) is 9.78 Å². The monoisotopic (exact) mass is 395 g/mol. The Bertz CT molecular complexity index is 1020. The highest BCUT2D eigenvalue weighted by Crippen LogP contribution is 2.35. The van der Waals surface area contributed by atoms with Crippen molar-refractivity contribution in [1.82, 2.24) is 4.98 Å². The summed E-state index contributed by atoms with van der Waals surface area (Å²) in [6.45, 7) is 2.77. The summed E-state index contributed by atoms with van der Waals surface area (Å²) in [5, 5.41) is 10.2. The van der Waals surface area contributed by atoms with Crippen molar-refractivity contribution in [1.29, 1.82) is 0 Å². The zero-order valence-corrected chi connectivity index (χ0v) is 16.9. The first-order valence-corrected chi connectivity index (χ1v) is 9.61. The van der Waals surface area contributed by atoms with Crippen LogP contribution in [0.5, 0.6) is 17.2 Å². The van der Waals surface area contributed by atoms with Crippen LogP contribution >= 0.6 is 0 Å². The number of para-hydroxylation sites is 1. The molecule has 0 spiro atoms. The summed E-state index contributed by atoms with van der Waals surface area (Å²) in [6.07, 6.45) is 3.22. The van der Waals surface area contributed by atoms with Gasteiger partial charge >= 0.3 is 5.97 Å². The Kier molecular flexibility index (Phi) is 6.54. The Morgan fingerprint density at radius 1 is 1.00 bits per heavy atom. The van der Waals surface area contributed by atoms with E-state index in [0.717, 1.165) is 24.8 Å². The van der Waals surface area contributed by atoms with E-state index >= 15 is 0 Å². The number of ether oxygens (including phenoxy) is 3. The number of methoxy groups -OCH3 is 2. The van der Waals surface area contributed by atoms with Gasteiger partial charge < -0.3 is 19.3 Å². The lowest BCUT2D eigenvalue weighted by Gasteiger charge is -2.13. The summed E-state index contributed by atoms with van der Waals surface area (Å²) < 4.78 is 16.7. The molecule has 1 heterocycles. The van der Waals surface area contributed by atoms with E-state index in [1.807, 2.05) is 18.2 Å². The lowest BCUT2D eigenvalue weighted by atomic mass is 10.0. The molecule has 6 heteroatoms. The second-order valence-corrected chi connectivity index (χ2v) is 6.64. The fourth-order valence-corrected chi connectivity index (χ4v) is 3.19. The lowest BCUT2D eigenvalue weighted by Crippen LogP contribution is -2.02. The fourth-order valence-electron chi connectivity index (χ4n) is 3.19. The molecule has 3 rings (SSSR count). The predicted octanol–water partition coefficient (Wildman–Crippen LogP) is 5.19. The Morgan fingerprint density at radius 3 is 2.48 bits per heavy atom. The number of hydrogen-bond donors (Lipinski definition) is 1. The Morgan fingerprint density at radius 2 is 1.79 bits per heavy atom. The Balaban J connectivity index is 2.04. The number of hydrogen-bond acceptors (Lipinski definition) is 5.